The molecule has 5 heteroatoms. The van der Waals surface area contributed by atoms with Gasteiger partial charge in [0.05, 0.1) is 15.9 Å². The summed E-state index contributed by atoms with van der Waals surface area (Å²) in [6.45, 7) is 12.2. The first-order valence-electron chi connectivity index (χ1n) is 8.07. The van der Waals surface area contributed by atoms with Crippen LogP contribution >= 0.6 is 15.9 Å². The molecule has 1 aromatic rings. The number of rotatable bonds is 5. The van der Waals surface area contributed by atoms with E-state index in [4.69, 9.17) is 0 Å². The van der Waals surface area contributed by atoms with Crippen molar-refractivity contribution in [3.8, 4) is 0 Å². The second-order valence-corrected chi connectivity index (χ2v) is 7.54. The molecular formula is C16H29BrN4. The number of hydrogen-bond acceptors (Lipinski definition) is 3. The predicted octanol–water partition coefficient (Wildman–Crippen LogP) is 3.10. The summed E-state index contributed by atoms with van der Waals surface area (Å²) in [6.07, 6.45) is 3.46. The molecule has 0 spiro atoms. The Bertz CT molecular complexity index is 481. The molecule has 0 saturated carbocycles. The molecular weight excluding hydrogens is 328 g/mol. The molecule has 4 nitrogen and oxygen atoms in total. The molecule has 1 aromatic heterocycles. The Balaban J connectivity index is 2.17. The van der Waals surface area contributed by atoms with Crippen LogP contribution in [0.1, 0.15) is 51.9 Å². The first-order chi connectivity index (χ1) is 9.89. The molecule has 0 bridgehead atoms. The molecule has 0 aromatic carbocycles. The van der Waals surface area contributed by atoms with E-state index in [-0.39, 0.29) is 5.54 Å². The van der Waals surface area contributed by atoms with Crippen LogP contribution in [0, 0.1) is 0 Å². The molecule has 1 atom stereocenters. The molecule has 1 saturated heterocycles. The number of hydrogen-bond donors (Lipinski definition) is 1. The minimum Gasteiger partial charge on any atom is -0.311 e. The van der Waals surface area contributed by atoms with E-state index in [0.717, 1.165) is 31.7 Å². The number of halogens is 1. The Morgan fingerprint density at radius 1 is 1.38 bits per heavy atom. The van der Waals surface area contributed by atoms with Crippen LogP contribution in [0.15, 0.2) is 4.47 Å². The Kier molecular flexibility index (Phi) is 5.49. The molecule has 1 N–H and O–H groups in total. The fourth-order valence-electron chi connectivity index (χ4n) is 3.08. The van der Waals surface area contributed by atoms with Gasteiger partial charge in [0.2, 0.25) is 0 Å². The highest BCUT2D eigenvalue weighted by atomic mass is 79.9. The maximum Gasteiger partial charge on any atom is 0.0767 e. The summed E-state index contributed by atoms with van der Waals surface area (Å²) in [4.78, 5) is 2.60. The summed E-state index contributed by atoms with van der Waals surface area (Å²) in [7, 11) is 2.05. The number of aromatic nitrogens is 2. The minimum absolute atomic E-state index is 0.181. The van der Waals surface area contributed by atoms with Crippen LogP contribution in [0.2, 0.25) is 0 Å². The molecule has 120 valence electrons. The van der Waals surface area contributed by atoms with Gasteiger partial charge in [0.15, 0.2) is 0 Å². The van der Waals surface area contributed by atoms with E-state index in [1.54, 1.807) is 0 Å². The summed E-state index contributed by atoms with van der Waals surface area (Å²) in [5.41, 5.74) is 2.63. The lowest BCUT2D eigenvalue weighted by Crippen LogP contribution is -2.61. The molecule has 2 heterocycles. The number of nitrogens with one attached hydrogen (secondary N) is 1. The highest BCUT2D eigenvalue weighted by Gasteiger charge is 2.34. The molecule has 1 aliphatic heterocycles. The van der Waals surface area contributed by atoms with Crippen LogP contribution in [-0.2, 0) is 20.0 Å². The Morgan fingerprint density at radius 2 is 2.10 bits per heavy atom. The Morgan fingerprint density at radius 3 is 2.67 bits per heavy atom. The topological polar surface area (TPSA) is 33.1 Å². The van der Waals surface area contributed by atoms with Gasteiger partial charge >= 0.3 is 0 Å². The van der Waals surface area contributed by atoms with Crippen molar-refractivity contribution in [1.29, 1.82) is 0 Å². The van der Waals surface area contributed by atoms with Gasteiger partial charge in [-0.2, -0.15) is 5.10 Å². The zero-order chi connectivity index (χ0) is 15.6. The standard InChI is InChI=1S/C16H29BrN4/c1-6-8-12-9-21(16(3,4)11-18-12)10-14-15(17)13(7-2)19-20(14)5/h12,18H,6-11H2,1-5H3. The molecule has 0 radical (unpaired) electrons. The van der Waals surface area contributed by atoms with Crippen LogP contribution in [0.5, 0.6) is 0 Å². The highest BCUT2D eigenvalue weighted by molar-refractivity contribution is 9.10. The second-order valence-electron chi connectivity index (χ2n) is 6.74. The Hall–Kier alpha value is -0.390. The van der Waals surface area contributed by atoms with Crippen LogP contribution in [0.25, 0.3) is 0 Å². The lowest BCUT2D eigenvalue weighted by molar-refractivity contribution is 0.0540. The average Bonchev–Trinajstić information content (AvgIpc) is 2.70. The van der Waals surface area contributed by atoms with E-state index in [2.05, 4.69) is 66.0 Å². The summed E-state index contributed by atoms with van der Waals surface area (Å²) in [5, 5.41) is 8.32. The molecule has 0 amide bonds. The summed E-state index contributed by atoms with van der Waals surface area (Å²) in [5.74, 6) is 0. The molecule has 0 aliphatic carbocycles. The largest absolute Gasteiger partial charge is 0.311 e. The minimum atomic E-state index is 0.181. The first-order valence-corrected chi connectivity index (χ1v) is 8.87. The van der Waals surface area contributed by atoms with Crippen molar-refractivity contribution in [1.82, 2.24) is 20.0 Å². The number of nitrogens with zero attached hydrogens (tertiary/aromatic N) is 3. The summed E-state index contributed by atoms with van der Waals surface area (Å²) < 4.78 is 3.23. The maximum atomic E-state index is 4.62. The van der Waals surface area contributed by atoms with Crippen molar-refractivity contribution in [2.75, 3.05) is 13.1 Å². The predicted molar refractivity (Wildman–Crippen MR) is 91.5 cm³/mol. The van der Waals surface area contributed by atoms with Crippen LogP contribution in [0.4, 0.5) is 0 Å². The van der Waals surface area contributed by atoms with Gasteiger partial charge in [-0.15, -0.1) is 0 Å². The molecule has 2 rings (SSSR count). The third-order valence-corrected chi connectivity index (χ3v) is 5.52. The van der Waals surface area contributed by atoms with Crippen molar-refractivity contribution < 1.29 is 0 Å². The van der Waals surface area contributed by atoms with Gasteiger partial charge in [0, 0.05) is 38.3 Å². The van der Waals surface area contributed by atoms with E-state index in [1.165, 1.54) is 23.0 Å². The van der Waals surface area contributed by atoms with Crippen molar-refractivity contribution in [3.05, 3.63) is 15.9 Å². The van der Waals surface area contributed by atoms with Crippen molar-refractivity contribution in [3.63, 3.8) is 0 Å². The molecule has 1 fully saturated rings. The lowest BCUT2D eigenvalue weighted by atomic mass is 9.95. The highest BCUT2D eigenvalue weighted by Crippen LogP contribution is 2.27. The normalized spacial score (nSPS) is 22.7. The number of aryl methyl sites for hydroxylation is 2. The third kappa shape index (κ3) is 3.69. The monoisotopic (exact) mass is 356 g/mol. The van der Waals surface area contributed by atoms with E-state index < -0.39 is 0 Å². The van der Waals surface area contributed by atoms with Gasteiger partial charge in [0.1, 0.15) is 0 Å². The van der Waals surface area contributed by atoms with Crippen molar-refractivity contribution in [2.45, 2.75) is 65.1 Å². The molecule has 1 aliphatic rings. The van der Waals surface area contributed by atoms with Gasteiger partial charge in [-0.3, -0.25) is 9.58 Å². The third-order valence-electron chi connectivity index (χ3n) is 4.60. The SMILES string of the molecule is CCCC1CN(Cc2c(Br)c(CC)nn2C)C(C)(C)CN1. The summed E-state index contributed by atoms with van der Waals surface area (Å²) >= 11 is 3.75. The van der Waals surface area contributed by atoms with E-state index in [9.17, 15) is 0 Å². The van der Waals surface area contributed by atoms with E-state index >= 15 is 0 Å². The van der Waals surface area contributed by atoms with Crippen molar-refractivity contribution in [2.24, 2.45) is 7.05 Å². The molecule has 21 heavy (non-hydrogen) atoms. The Labute approximate surface area is 137 Å². The quantitative estimate of drug-likeness (QED) is 0.879. The zero-order valence-electron chi connectivity index (χ0n) is 14.0. The van der Waals surface area contributed by atoms with Gasteiger partial charge in [0.25, 0.3) is 0 Å². The maximum absolute atomic E-state index is 4.62. The second kappa shape index (κ2) is 6.80. The van der Waals surface area contributed by atoms with Gasteiger partial charge in [-0.25, -0.2) is 0 Å². The smallest absolute Gasteiger partial charge is 0.0767 e. The molecule has 1 unspecified atom stereocenters. The van der Waals surface area contributed by atoms with Crippen LogP contribution in [-0.4, -0.2) is 39.4 Å². The fourth-order valence-corrected chi connectivity index (χ4v) is 3.82. The average molecular weight is 357 g/mol. The zero-order valence-corrected chi connectivity index (χ0v) is 15.6. The van der Waals surface area contributed by atoms with Crippen LogP contribution in [0.3, 0.4) is 0 Å². The van der Waals surface area contributed by atoms with Crippen molar-refractivity contribution >= 4 is 15.9 Å². The van der Waals surface area contributed by atoms with Crippen LogP contribution < -0.4 is 5.32 Å². The van der Waals surface area contributed by atoms with Gasteiger partial charge in [-0.05, 0) is 42.6 Å². The van der Waals surface area contributed by atoms with E-state index in [1.807, 2.05) is 4.68 Å². The van der Waals surface area contributed by atoms with E-state index in [0.29, 0.717) is 6.04 Å². The first kappa shape index (κ1) is 17.0. The van der Waals surface area contributed by atoms with Gasteiger partial charge < -0.3 is 5.32 Å². The lowest BCUT2D eigenvalue weighted by Gasteiger charge is -2.46. The fraction of sp³-hybridized carbons (Fsp3) is 0.812. The van der Waals surface area contributed by atoms with Gasteiger partial charge in [-0.1, -0.05) is 20.3 Å². The number of piperazine rings is 1. The summed E-state index contributed by atoms with van der Waals surface area (Å²) in [6, 6.07) is 0.612.